The molecule has 3 unspecified atom stereocenters. The second-order valence-electron chi connectivity index (χ2n) is 7.29. The molecule has 1 aromatic carbocycles. The molecular formula is C20H28N2. The lowest BCUT2D eigenvalue weighted by molar-refractivity contribution is 0.154. The van der Waals surface area contributed by atoms with Crippen LogP contribution in [-0.2, 0) is 0 Å². The maximum Gasteiger partial charge on any atom is 0.0863 e. The van der Waals surface area contributed by atoms with E-state index in [-0.39, 0.29) is 0 Å². The Balaban J connectivity index is 1.80. The van der Waals surface area contributed by atoms with Gasteiger partial charge in [-0.1, -0.05) is 43.2 Å². The van der Waals surface area contributed by atoms with Crippen LogP contribution in [0.4, 0.5) is 5.69 Å². The number of fused-ring (bicyclic) bond motifs is 1. The molecule has 22 heavy (non-hydrogen) atoms. The summed E-state index contributed by atoms with van der Waals surface area (Å²) >= 11 is 0. The van der Waals surface area contributed by atoms with Gasteiger partial charge in [-0.25, -0.2) is 0 Å². The molecule has 0 amide bonds. The second-order valence-corrected chi connectivity index (χ2v) is 7.29. The summed E-state index contributed by atoms with van der Waals surface area (Å²) in [6.07, 6.45) is 10.0. The van der Waals surface area contributed by atoms with Gasteiger partial charge in [-0.05, 0) is 51.2 Å². The molecule has 1 saturated heterocycles. The van der Waals surface area contributed by atoms with E-state index in [0.717, 1.165) is 0 Å². The van der Waals surface area contributed by atoms with E-state index in [4.69, 9.17) is 1.37 Å². The van der Waals surface area contributed by atoms with Crippen LogP contribution in [0.3, 0.4) is 0 Å². The van der Waals surface area contributed by atoms with E-state index in [1.165, 1.54) is 36.9 Å². The van der Waals surface area contributed by atoms with Crippen molar-refractivity contribution in [1.82, 2.24) is 4.90 Å². The molecule has 1 saturated carbocycles. The number of hydrogen-bond donors (Lipinski definition) is 0. The predicted octanol–water partition coefficient (Wildman–Crippen LogP) is 4.35. The number of anilines is 1. The van der Waals surface area contributed by atoms with Crippen LogP contribution in [-0.4, -0.2) is 29.2 Å². The van der Waals surface area contributed by atoms with Crippen LogP contribution < -0.4 is 4.90 Å². The minimum absolute atomic E-state index is 0.357. The zero-order valence-corrected chi connectivity index (χ0v) is 14.0. The Hall–Kier alpha value is -1.28. The molecule has 0 N–H and O–H groups in total. The molecule has 118 valence electrons. The zero-order valence-electron chi connectivity index (χ0n) is 15.0. The molecule has 2 aliphatic heterocycles. The van der Waals surface area contributed by atoms with Gasteiger partial charge >= 0.3 is 0 Å². The van der Waals surface area contributed by atoms with Gasteiger partial charge in [-0.2, -0.15) is 0 Å². The lowest BCUT2D eigenvalue weighted by Crippen LogP contribution is -2.47. The van der Waals surface area contributed by atoms with Crippen LogP contribution in [0, 0.1) is 12.8 Å². The summed E-state index contributed by atoms with van der Waals surface area (Å²) in [7, 11) is 0. The van der Waals surface area contributed by atoms with Crippen molar-refractivity contribution >= 4 is 5.69 Å². The summed E-state index contributed by atoms with van der Waals surface area (Å²) in [5.41, 5.74) is 2.70. The first-order valence-corrected chi connectivity index (χ1v) is 8.82. The van der Waals surface area contributed by atoms with Gasteiger partial charge in [0.2, 0.25) is 0 Å². The second kappa shape index (κ2) is 5.42. The van der Waals surface area contributed by atoms with Gasteiger partial charge in [0.1, 0.15) is 0 Å². The van der Waals surface area contributed by atoms with Crippen molar-refractivity contribution in [2.75, 3.05) is 4.90 Å². The third-order valence-corrected chi connectivity index (χ3v) is 5.98. The molecule has 2 nitrogen and oxygen atoms in total. The highest BCUT2D eigenvalue weighted by molar-refractivity contribution is 5.57. The molecule has 2 heteroatoms. The van der Waals surface area contributed by atoms with Crippen molar-refractivity contribution in [3.05, 3.63) is 42.0 Å². The smallest absolute Gasteiger partial charge is 0.0863 e. The van der Waals surface area contributed by atoms with Crippen LogP contribution in [0.15, 0.2) is 36.4 Å². The standard InChI is InChI=1S/C20H28N2/c1-14-8-4-7-11-18(14)22-16(3)19-13-12-15(2)21(19)20(22)17-9-5-6-10-17/h4,7-8,11-13,15-17,19-20H,5-6,9-10H2,1-3H3/t15?,16-,19?,20?/m0/s1/i15D. The van der Waals surface area contributed by atoms with Crippen molar-refractivity contribution in [1.29, 1.82) is 0 Å². The molecule has 0 radical (unpaired) electrons. The minimum Gasteiger partial charge on any atom is -0.351 e. The van der Waals surface area contributed by atoms with Gasteiger partial charge in [0.05, 0.1) is 13.6 Å². The number of nitrogens with zero attached hydrogens (tertiary/aromatic N) is 2. The Morgan fingerprint density at radius 3 is 2.55 bits per heavy atom. The molecule has 2 heterocycles. The first-order chi connectivity index (χ1) is 11.0. The van der Waals surface area contributed by atoms with Crippen molar-refractivity contribution in [3.8, 4) is 0 Å². The van der Waals surface area contributed by atoms with Crippen LogP contribution in [0.1, 0.15) is 46.5 Å². The Kier molecular flexibility index (Phi) is 3.25. The largest absolute Gasteiger partial charge is 0.351 e. The monoisotopic (exact) mass is 297 g/mol. The number of para-hydroxylation sites is 1. The van der Waals surface area contributed by atoms with Gasteiger partial charge in [-0.3, -0.25) is 4.90 Å². The lowest BCUT2D eigenvalue weighted by Gasteiger charge is -2.39. The van der Waals surface area contributed by atoms with E-state index in [1.54, 1.807) is 0 Å². The number of rotatable bonds is 2. The first kappa shape index (κ1) is 13.2. The highest BCUT2D eigenvalue weighted by Gasteiger charge is 2.50. The average molecular weight is 297 g/mol. The van der Waals surface area contributed by atoms with Gasteiger partial charge in [0, 0.05) is 17.7 Å². The molecule has 4 rings (SSSR count). The average Bonchev–Trinajstić information content (AvgIpc) is 3.19. The quantitative estimate of drug-likeness (QED) is 0.749. The molecule has 0 aromatic heterocycles. The third-order valence-electron chi connectivity index (χ3n) is 5.98. The van der Waals surface area contributed by atoms with Crippen molar-refractivity contribution < 1.29 is 1.37 Å². The Morgan fingerprint density at radius 2 is 1.82 bits per heavy atom. The Morgan fingerprint density at radius 1 is 1.09 bits per heavy atom. The predicted molar refractivity (Wildman–Crippen MR) is 93.1 cm³/mol. The van der Waals surface area contributed by atoms with Crippen LogP contribution in [0.25, 0.3) is 0 Å². The maximum absolute atomic E-state index is 8.82. The molecule has 1 aliphatic carbocycles. The molecule has 0 bridgehead atoms. The van der Waals surface area contributed by atoms with E-state index in [2.05, 4.69) is 67.0 Å². The normalized spacial score (nSPS) is 39.5. The van der Waals surface area contributed by atoms with E-state index in [0.29, 0.717) is 24.2 Å². The molecule has 1 aromatic rings. The van der Waals surface area contributed by atoms with Crippen molar-refractivity contribution in [2.24, 2.45) is 5.92 Å². The van der Waals surface area contributed by atoms with E-state index >= 15 is 0 Å². The fraction of sp³-hybridized carbons (Fsp3) is 0.600. The molecule has 0 spiro atoms. The number of hydrogen-bond acceptors (Lipinski definition) is 2. The minimum atomic E-state index is -0.580. The summed E-state index contributed by atoms with van der Waals surface area (Å²) in [6.45, 7) is 6.61. The molecule has 2 fully saturated rings. The van der Waals surface area contributed by atoms with Crippen LogP contribution in [0.5, 0.6) is 0 Å². The SMILES string of the molecule is [2H]C1(C)C=CC2[C@H](C)N(c3ccccc3C)C(C3CCCC3)N21. The maximum atomic E-state index is 8.82. The Bertz CT molecular complexity index is 618. The third kappa shape index (κ3) is 2.04. The van der Waals surface area contributed by atoms with E-state index in [1.807, 2.05) is 0 Å². The van der Waals surface area contributed by atoms with Crippen LogP contribution in [0.2, 0.25) is 0 Å². The lowest BCUT2D eigenvalue weighted by atomic mass is 10.0. The first-order valence-electron chi connectivity index (χ1n) is 9.32. The zero-order chi connectivity index (χ0) is 16.2. The summed E-state index contributed by atoms with van der Waals surface area (Å²) in [5.74, 6) is 0.687. The van der Waals surface area contributed by atoms with Crippen LogP contribution >= 0.6 is 0 Å². The van der Waals surface area contributed by atoms with E-state index < -0.39 is 6.02 Å². The number of benzene rings is 1. The topological polar surface area (TPSA) is 6.48 Å². The molecular weight excluding hydrogens is 268 g/mol. The summed E-state index contributed by atoms with van der Waals surface area (Å²) in [5, 5.41) is 0. The molecule has 4 atom stereocenters. The van der Waals surface area contributed by atoms with Gasteiger partial charge in [0.25, 0.3) is 0 Å². The summed E-state index contributed by atoms with van der Waals surface area (Å²) in [6, 6.07) is 8.96. The fourth-order valence-electron chi connectivity index (χ4n) is 4.89. The Labute approximate surface area is 136 Å². The van der Waals surface area contributed by atoms with E-state index in [9.17, 15) is 0 Å². The van der Waals surface area contributed by atoms with Crippen molar-refractivity contribution in [3.63, 3.8) is 0 Å². The van der Waals surface area contributed by atoms with Gasteiger partial charge in [-0.15, -0.1) is 0 Å². The van der Waals surface area contributed by atoms with Gasteiger partial charge < -0.3 is 4.90 Å². The van der Waals surface area contributed by atoms with Crippen molar-refractivity contribution in [2.45, 2.75) is 70.7 Å². The van der Waals surface area contributed by atoms with Gasteiger partial charge in [0.15, 0.2) is 0 Å². The molecule has 3 aliphatic rings. The number of aryl methyl sites for hydroxylation is 1. The highest BCUT2D eigenvalue weighted by atomic mass is 15.5. The summed E-state index contributed by atoms with van der Waals surface area (Å²) < 4.78 is 8.82. The summed E-state index contributed by atoms with van der Waals surface area (Å²) in [4.78, 5) is 5.10. The fourth-order valence-corrected chi connectivity index (χ4v) is 4.89. The highest BCUT2D eigenvalue weighted by Crippen LogP contribution is 2.44.